The first-order valence-electron chi connectivity index (χ1n) is 4.32. The van der Waals surface area contributed by atoms with Crippen LogP contribution in [0.3, 0.4) is 0 Å². The molecule has 0 unspecified atom stereocenters. The number of nitrogens with one attached hydrogen (secondary N) is 1. The molecule has 16 heavy (non-hydrogen) atoms. The fraction of sp³-hybridized carbons (Fsp3) is 0. The van der Waals surface area contributed by atoms with Crippen molar-refractivity contribution in [3.8, 4) is 6.07 Å². The summed E-state index contributed by atoms with van der Waals surface area (Å²) in [5.74, 6) is -2.04. The van der Waals surface area contributed by atoms with E-state index in [4.69, 9.17) is 5.26 Å². The molecule has 5 heteroatoms. The molecule has 1 rings (SSSR count). The third-order valence-corrected chi connectivity index (χ3v) is 1.63. The molecule has 0 spiro atoms. The average molecular weight is 215 g/mol. The summed E-state index contributed by atoms with van der Waals surface area (Å²) in [6.45, 7) is 0. The van der Waals surface area contributed by atoms with E-state index in [1.807, 2.05) is 6.07 Å². The molecule has 1 aromatic rings. The molecule has 5 nitrogen and oxygen atoms in total. The van der Waals surface area contributed by atoms with Gasteiger partial charge in [0, 0.05) is 11.8 Å². The molecule has 0 aromatic heterocycles. The lowest BCUT2D eigenvalue weighted by Gasteiger charge is -2.01. The highest BCUT2D eigenvalue weighted by Crippen LogP contribution is 2.09. The first kappa shape index (κ1) is 11.5. The number of carbonyl (C=O) groups is 2. The number of benzene rings is 1. The van der Waals surface area contributed by atoms with Crippen LogP contribution in [-0.2, 0) is 9.59 Å². The van der Waals surface area contributed by atoms with Crippen LogP contribution in [0.4, 0.5) is 5.69 Å². The van der Waals surface area contributed by atoms with Gasteiger partial charge in [-0.25, -0.2) is 0 Å². The summed E-state index contributed by atoms with van der Waals surface area (Å²) in [7, 11) is 0. The first-order chi connectivity index (χ1) is 7.61. The van der Waals surface area contributed by atoms with Crippen molar-refractivity contribution in [2.45, 2.75) is 0 Å². The van der Waals surface area contributed by atoms with Crippen LogP contribution in [-0.4, -0.2) is 11.9 Å². The van der Waals surface area contributed by atoms with E-state index in [-0.39, 0.29) is 0 Å². The Labute approximate surface area is 91.6 Å². The van der Waals surface area contributed by atoms with Gasteiger partial charge in [0.2, 0.25) is 5.91 Å². The van der Waals surface area contributed by atoms with Crippen LogP contribution >= 0.6 is 0 Å². The predicted octanol–water partition coefficient (Wildman–Crippen LogP) is -0.197. The van der Waals surface area contributed by atoms with Crippen molar-refractivity contribution >= 4 is 17.6 Å². The van der Waals surface area contributed by atoms with Crippen molar-refractivity contribution in [2.24, 2.45) is 0 Å². The van der Waals surface area contributed by atoms with Crippen LogP contribution in [0.25, 0.3) is 0 Å². The summed E-state index contributed by atoms with van der Waals surface area (Å²) in [6.07, 6.45) is 1.47. The molecule has 0 aliphatic rings. The molecular formula is C11H7N2O3-. The van der Waals surface area contributed by atoms with Crippen LogP contribution in [0.2, 0.25) is 0 Å². The van der Waals surface area contributed by atoms with Gasteiger partial charge in [0.25, 0.3) is 0 Å². The number of amides is 1. The molecule has 0 saturated carbocycles. The molecule has 0 atom stereocenters. The van der Waals surface area contributed by atoms with Crippen LogP contribution in [0.5, 0.6) is 0 Å². The third-order valence-electron chi connectivity index (χ3n) is 1.63. The average Bonchev–Trinajstić information content (AvgIpc) is 2.26. The number of carboxylic acids is 1. The van der Waals surface area contributed by atoms with E-state index in [2.05, 4.69) is 5.32 Å². The zero-order chi connectivity index (χ0) is 12.0. The van der Waals surface area contributed by atoms with Crippen LogP contribution < -0.4 is 10.4 Å². The molecule has 1 N–H and O–H groups in total. The van der Waals surface area contributed by atoms with E-state index >= 15 is 0 Å². The second-order valence-corrected chi connectivity index (χ2v) is 2.83. The normalized spacial score (nSPS) is 9.69. The Morgan fingerprint density at radius 3 is 2.75 bits per heavy atom. The molecule has 1 aromatic carbocycles. The monoisotopic (exact) mass is 215 g/mol. The van der Waals surface area contributed by atoms with Gasteiger partial charge in [0.05, 0.1) is 17.6 Å². The minimum absolute atomic E-state index is 0.404. The smallest absolute Gasteiger partial charge is 0.248 e. The Morgan fingerprint density at radius 1 is 1.38 bits per heavy atom. The quantitative estimate of drug-likeness (QED) is 0.707. The predicted molar refractivity (Wildman–Crippen MR) is 53.9 cm³/mol. The van der Waals surface area contributed by atoms with Gasteiger partial charge in [-0.2, -0.15) is 5.26 Å². The summed E-state index contributed by atoms with van der Waals surface area (Å²) < 4.78 is 0. The molecule has 0 aliphatic heterocycles. The minimum atomic E-state index is -1.44. The number of aliphatic carboxylic acids is 1. The van der Waals surface area contributed by atoms with E-state index in [0.29, 0.717) is 17.3 Å². The van der Waals surface area contributed by atoms with Gasteiger partial charge in [0.1, 0.15) is 0 Å². The van der Waals surface area contributed by atoms with E-state index in [0.717, 1.165) is 6.08 Å². The molecule has 0 bridgehead atoms. The lowest BCUT2D eigenvalue weighted by Crippen LogP contribution is -2.20. The number of hydrogen-bond donors (Lipinski definition) is 1. The summed E-state index contributed by atoms with van der Waals surface area (Å²) in [4.78, 5) is 21.2. The van der Waals surface area contributed by atoms with Crippen LogP contribution in [0.15, 0.2) is 36.4 Å². The van der Waals surface area contributed by atoms with E-state index in [1.54, 1.807) is 18.2 Å². The molecule has 0 saturated heterocycles. The zero-order valence-electron chi connectivity index (χ0n) is 8.14. The number of nitrogens with zero attached hydrogens (tertiary/aromatic N) is 1. The number of nitriles is 1. The molecule has 0 fully saturated rings. The maximum atomic E-state index is 11.1. The fourth-order valence-corrected chi connectivity index (χ4v) is 0.994. The summed E-state index contributed by atoms with van der Waals surface area (Å²) in [5, 5.41) is 21.0. The highest BCUT2D eigenvalue weighted by atomic mass is 16.4. The van der Waals surface area contributed by atoms with Gasteiger partial charge in [-0.3, -0.25) is 4.79 Å². The second-order valence-electron chi connectivity index (χ2n) is 2.83. The van der Waals surface area contributed by atoms with Crippen molar-refractivity contribution in [3.05, 3.63) is 42.0 Å². The van der Waals surface area contributed by atoms with Gasteiger partial charge < -0.3 is 15.2 Å². The van der Waals surface area contributed by atoms with Crippen molar-refractivity contribution in [1.29, 1.82) is 5.26 Å². The highest BCUT2D eigenvalue weighted by Gasteiger charge is 1.98. The zero-order valence-corrected chi connectivity index (χ0v) is 8.14. The number of rotatable bonds is 3. The first-order valence-corrected chi connectivity index (χ1v) is 4.32. The van der Waals surface area contributed by atoms with E-state index < -0.39 is 11.9 Å². The van der Waals surface area contributed by atoms with E-state index in [9.17, 15) is 14.7 Å². The number of carboxylic acid groups (broad SMARTS) is 1. The standard InChI is InChI=1S/C11H8N2O3/c12-7-8-2-1-3-9(6-8)13-10(14)4-5-11(15)16/h1-6H,(H,13,14)(H,15,16)/p-1/b5-4+. The lowest BCUT2D eigenvalue weighted by molar-refractivity contribution is -0.297. The SMILES string of the molecule is N#Cc1cccc(NC(=O)/C=C/C(=O)[O-])c1. The fourth-order valence-electron chi connectivity index (χ4n) is 0.994. The number of hydrogen-bond acceptors (Lipinski definition) is 4. The molecular weight excluding hydrogens is 208 g/mol. The summed E-state index contributed by atoms with van der Waals surface area (Å²) in [6, 6.07) is 8.18. The van der Waals surface area contributed by atoms with Crippen molar-refractivity contribution in [2.75, 3.05) is 5.32 Å². The molecule has 0 heterocycles. The number of carbonyl (C=O) groups excluding carboxylic acids is 2. The van der Waals surface area contributed by atoms with Crippen molar-refractivity contribution in [3.63, 3.8) is 0 Å². The van der Waals surface area contributed by atoms with Gasteiger partial charge in [-0.1, -0.05) is 6.07 Å². The largest absolute Gasteiger partial charge is 0.545 e. The molecule has 0 radical (unpaired) electrons. The second kappa shape index (κ2) is 5.32. The molecule has 0 aliphatic carbocycles. The van der Waals surface area contributed by atoms with Gasteiger partial charge in [-0.05, 0) is 24.3 Å². The maximum absolute atomic E-state index is 11.1. The van der Waals surface area contributed by atoms with Crippen molar-refractivity contribution in [1.82, 2.24) is 0 Å². The Balaban J connectivity index is 2.70. The topological polar surface area (TPSA) is 93.0 Å². The van der Waals surface area contributed by atoms with Crippen LogP contribution in [0.1, 0.15) is 5.56 Å². The Bertz CT molecular complexity index is 486. The molecule has 80 valence electrons. The lowest BCUT2D eigenvalue weighted by atomic mass is 10.2. The minimum Gasteiger partial charge on any atom is -0.545 e. The maximum Gasteiger partial charge on any atom is 0.248 e. The highest BCUT2D eigenvalue weighted by molar-refractivity contribution is 6.02. The Morgan fingerprint density at radius 2 is 2.12 bits per heavy atom. The van der Waals surface area contributed by atoms with Gasteiger partial charge in [-0.15, -0.1) is 0 Å². The Hall–Kier alpha value is -2.61. The van der Waals surface area contributed by atoms with Crippen molar-refractivity contribution < 1.29 is 14.7 Å². The third kappa shape index (κ3) is 3.64. The number of anilines is 1. The van der Waals surface area contributed by atoms with Crippen LogP contribution in [0, 0.1) is 11.3 Å². The molecule has 1 amide bonds. The van der Waals surface area contributed by atoms with Gasteiger partial charge in [0.15, 0.2) is 0 Å². The van der Waals surface area contributed by atoms with Gasteiger partial charge >= 0.3 is 0 Å². The van der Waals surface area contributed by atoms with E-state index in [1.165, 1.54) is 6.07 Å². The Kier molecular flexibility index (Phi) is 3.81. The summed E-state index contributed by atoms with van der Waals surface area (Å²) >= 11 is 0. The summed E-state index contributed by atoms with van der Waals surface area (Å²) in [5.41, 5.74) is 0.828.